The van der Waals surface area contributed by atoms with E-state index in [-0.39, 0.29) is 12.8 Å². The number of amides is 1. The Hall–Kier alpha value is -0.650. The van der Waals surface area contributed by atoms with E-state index in [9.17, 15) is 20.1 Å². The van der Waals surface area contributed by atoms with E-state index < -0.39 is 29.1 Å². The molecule has 0 spiro atoms. The molecule has 0 aliphatic rings. The molecule has 0 rings (SSSR count). The number of aliphatic hydroxyl groups is 3. The van der Waals surface area contributed by atoms with Gasteiger partial charge in [-0.1, -0.05) is 181 Å². The number of unbranched alkanes of at least 4 members (excludes halogenated alkanes) is 22. The van der Waals surface area contributed by atoms with Crippen LogP contribution in [-0.4, -0.2) is 38.5 Å². The van der Waals surface area contributed by atoms with E-state index in [0.29, 0.717) is 12.8 Å². The molecule has 42 heavy (non-hydrogen) atoms. The standard InChI is InChI=1S/C37H75NO4/c1-5-8-10-12-14-16-18-19-20-21-23-25-27-29-32-36(41,37(42,31-7-3)35(38)40)34(33(4)39)30-28-26-24-22-17-15-13-11-9-6-2/h33-34,39,41-42H,5-32H2,1-4H3,(H2,38,40). The smallest absolute Gasteiger partial charge is 0.252 e. The van der Waals surface area contributed by atoms with E-state index in [4.69, 9.17) is 5.73 Å². The minimum atomic E-state index is -2.03. The van der Waals surface area contributed by atoms with Gasteiger partial charge in [-0.3, -0.25) is 4.79 Å². The SMILES string of the molecule is CCCCCCCCCCCCCCCCC(O)(C(CCCCCCCCCCCC)C(C)O)C(O)(CCC)C(N)=O. The molecule has 0 radical (unpaired) electrons. The molecular weight excluding hydrogens is 522 g/mol. The van der Waals surface area contributed by atoms with Gasteiger partial charge in [0.1, 0.15) is 5.60 Å². The van der Waals surface area contributed by atoms with Crippen LogP contribution in [0.4, 0.5) is 0 Å². The van der Waals surface area contributed by atoms with Crippen molar-refractivity contribution in [1.29, 1.82) is 0 Å². The predicted molar refractivity (Wildman–Crippen MR) is 181 cm³/mol. The number of rotatable bonds is 32. The fourth-order valence-electron chi connectivity index (χ4n) is 6.93. The average molecular weight is 598 g/mol. The molecule has 5 N–H and O–H groups in total. The number of hydrogen-bond acceptors (Lipinski definition) is 4. The van der Waals surface area contributed by atoms with Crippen LogP contribution in [0.1, 0.15) is 207 Å². The quantitative estimate of drug-likeness (QED) is 0.0579. The van der Waals surface area contributed by atoms with Crippen LogP contribution in [0.15, 0.2) is 0 Å². The zero-order valence-corrected chi connectivity index (χ0v) is 28.8. The summed E-state index contributed by atoms with van der Waals surface area (Å²) in [6, 6.07) is 0. The second-order valence-corrected chi connectivity index (χ2v) is 13.6. The summed E-state index contributed by atoms with van der Waals surface area (Å²) >= 11 is 0. The molecule has 5 nitrogen and oxygen atoms in total. The summed E-state index contributed by atoms with van der Waals surface area (Å²) in [4.78, 5) is 12.6. The lowest BCUT2D eigenvalue weighted by molar-refractivity contribution is -0.207. The van der Waals surface area contributed by atoms with Gasteiger partial charge in [0.05, 0.1) is 6.10 Å². The number of nitrogens with two attached hydrogens (primary N) is 1. The second-order valence-electron chi connectivity index (χ2n) is 13.6. The molecule has 4 unspecified atom stereocenters. The molecule has 0 aliphatic heterocycles. The second kappa shape index (κ2) is 26.7. The predicted octanol–water partition coefficient (Wildman–Crippen LogP) is 9.91. The summed E-state index contributed by atoms with van der Waals surface area (Å²) in [5.74, 6) is -1.46. The van der Waals surface area contributed by atoms with E-state index in [0.717, 1.165) is 38.5 Å². The van der Waals surface area contributed by atoms with Crippen molar-refractivity contribution in [2.24, 2.45) is 11.7 Å². The highest BCUT2D eigenvalue weighted by Crippen LogP contribution is 2.42. The Bertz CT molecular complexity index is 613. The zero-order chi connectivity index (χ0) is 31.5. The van der Waals surface area contributed by atoms with Gasteiger partial charge in [0, 0.05) is 5.92 Å². The molecule has 0 aromatic carbocycles. The minimum Gasteiger partial charge on any atom is -0.393 e. The van der Waals surface area contributed by atoms with Crippen LogP contribution < -0.4 is 5.73 Å². The largest absolute Gasteiger partial charge is 0.393 e. The first-order valence-electron chi connectivity index (χ1n) is 18.6. The van der Waals surface area contributed by atoms with Crippen molar-refractivity contribution in [3.63, 3.8) is 0 Å². The van der Waals surface area contributed by atoms with Gasteiger partial charge in [-0.25, -0.2) is 0 Å². The van der Waals surface area contributed by atoms with Crippen molar-refractivity contribution in [2.75, 3.05) is 0 Å². The van der Waals surface area contributed by atoms with Gasteiger partial charge in [-0.2, -0.15) is 0 Å². The number of carbonyl (C=O) groups excluding carboxylic acids is 1. The summed E-state index contributed by atoms with van der Waals surface area (Å²) in [5.41, 5.74) is 2.00. The van der Waals surface area contributed by atoms with Crippen molar-refractivity contribution in [1.82, 2.24) is 0 Å². The Morgan fingerprint density at radius 1 is 0.548 bits per heavy atom. The van der Waals surface area contributed by atoms with Gasteiger partial charge in [0.25, 0.3) is 5.91 Å². The molecule has 0 bridgehead atoms. The minimum absolute atomic E-state index is 0.110. The Morgan fingerprint density at radius 2 is 0.881 bits per heavy atom. The number of carbonyl (C=O) groups is 1. The van der Waals surface area contributed by atoms with E-state index >= 15 is 0 Å². The van der Waals surface area contributed by atoms with Gasteiger partial charge in [-0.15, -0.1) is 0 Å². The molecule has 4 atom stereocenters. The van der Waals surface area contributed by atoms with Crippen LogP contribution in [0.2, 0.25) is 0 Å². The maximum Gasteiger partial charge on any atom is 0.252 e. The van der Waals surface area contributed by atoms with Crippen LogP contribution in [0.5, 0.6) is 0 Å². The molecule has 0 aromatic heterocycles. The highest BCUT2D eigenvalue weighted by molar-refractivity contribution is 5.84. The highest BCUT2D eigenvalue weighted by Gasteiger charge is 2.57. The molecule has 252 valence electrons. The monoisotopic (exact) mass is 598 g/mol. The Balaban J connectivity index is 4.72. The lowest BCUT2D eigenvalue weighted by Gasteiger charge is -2.48. The molecule has 0 aliphatic carbocycles. The normalized spacial score (nSPS) is 16.2. The van der Waals surface area contributed by atoms with Gasteiger partial charge in [-0.05, 0) is 26.2 Å². The van der Waals surface area contributed by atoms with Gasteiger partial charge < -0.3 is 21.1 Å². The third-order valence-corrected chi connectivity index (χ3v) is 9.71. The van der Waals surface area contributed by atoms with Crippen LogP contribution >= 0.6 is 0 Å². The number of hydrogen-bond donors (Lipinski definition) is 4. The molecule has 0 aromatic rings. The number of aliphatic hydroxyl groups excluding tert-OH is 1. The Morgan fingerprint density at radius 3 is 1.19 bits per heavy atom. The molecule has 0 heterocycles. The third-order valence-electron chi connectivity index (χ3n) is 9.71. The van der Waals surface area contributed by atoms with E-state index in [1.54, 1.807) is 6.92 Å². The Labute approximate surface area is 262 Å². The lowest BCUT2D eigenvalue weighted by atomic mass is 9.65. The van der Waals surface area contributed by atoms with E-state index in [1.165, 1.54) is 116 Å². The molecule has 0 saturated carbocycles. The Kier molecular flexibility index (Phi) is 26.3. The number of primary amides is 1. The van der Waals surface area contributed by atoms with Crippen molar-refractivity contribution < 1.29 is 20.1 Å². The fraction of sp³-hybridized carbons (Fsp3) is 0.973. The van der Waals surface area contributed by atoms with Gasteiger partial charge >= 0.3 is 0 Å². The van der Waals surface area contributed by atoms with Gasteiger partial charge in [0.15, 0.2) is 5.60 Å². The summed E-state index contributed by atoms with van der Waals surface area (Å²) in [5, 5.41) is 34.4. The van der Waals surface area contributed by atoms with Crippen molar-refractivity contribution in [3.05, 3.63) is 0 Å². The van der Waals surface area contributed by atoms with Crippen LogP contribution in [0.3, 0.4) is 0 Å². The van der Waals surface area contributed by atoms with Gasteiger partial charge in [0.2, 0.25) is 0 Å². The summed E-state index contributed by atoms with van der Waals surface area (Å²) in [6.07, 6.45) is 30.2. The summed E-state index contributed by atoms with van der Waals surface area (Å²) < 4.78 is 0. The fourth-order valence-corrected chi connectivity index (χ4v) is 6.93. The highest BCUT2D eigenvalue weighted by atomic mass is 16.4. The maximum absolute atomic E-state index is 12.6. The molecular formula is C37H75NO4. The molecule has 1 amide bonds. The zero-order valence-electron chi connectivity index (χ0n) is 28.8. The molecule has 0 fully saturated rings. The van der Waals surface area contributed by atoms with Crippen LogP contribution in [0.25, 0.3) is 0 Å². The first kappa shape index (κ1) is 41.4. The first-order valence-corrected chi connectivity index (χ1v) is 18.6. The van der Waals surface area contributed by atoms with Crippen molar-refractivity contribution in [3.8, 4) is 0 Å². The molecule has 0 saturated heterocycles. The lowest BCUT2D eigenvalue weighted by Crippen LogP contribution is -2.66. The van der Waals surface area contributed by atoms with Crippen molar-refractivity contribution >= 4 is 5.91 Å². The van der Waals surface area contributed by atoms with Crippen molar-refractivity contribution in [2.45, 2.75) is 225 Å². The molecule has 5 heteroatoms. The first-order chi connectivity index (χ1) is 20.2. The topological polar surface area (TPSA) is 104 Å². The third kappa shape index (κ3) is 17.6. The van der Waals surface area contributed by atoms with Crippen LogP contribution in [0, 0.1) is 5.92 Å². The van der Waals surface area contributed by atoms with E-state index in [2.05, 4.69) is 13.8 Å². The van der Waals surface area contributed by atoms with Crippen LogP contribution in [-0.2, 0) is 4.79 Å². The summed E-state index contributed by atoms with van der Waals surface area (Å²) in [6.45, 7) is 8.08. The van der Waals surface area contributed by atoms with E-state index in [1.807, 2.05) is 6.92 Å². The summed E-state index contributed by atoms with van der Waals surface area (Å²) in [7, 11) is 0. The maximum atomic E-state index is 12.6. The average Bonchev–Trinajstić information content (AvgIpc) is 2.95.